The molecule has 1 heterocycles. The fourth-order valence-corrected chi connectivity index (χ4v) is 3.22. The largest absolute Gasteiger partial charge is 0.329 e. The van der Waals surface area contributed by atoms with Gasteiger partial charge in [0, 0.05) is 24.7 Å². The third-order valence-electron chi connectivity index (χ3n) is 4.86. The molecule has 0 aromatic carbocycles. The standard InChI is InChI=1S/C13H26N2/c1-10-5-4-6-12(9-14)15(10)11(2)13(3)7-8-13/h10-12H,4-9,14H2,1-3H3. The average Bonchev–Trinajstić information content (AvgIpc) is 2.96. The summed E-state index contributed by atoms with van der Waals surface area (Å²) in [6.45, 7) is 8.07. The van der Waals surface area contributed by atoms with Crippen LogP contribution in [-0.4, -0.2) is 29.6 Å². The molecule has 0 radical (unpaired) electrons. The van der Waals surface area contributed by atoms with Crippen LogP contribution in [0.4, 0.5) is 0 Å². The number of nitrogens with zero attached hydrogens (tertiary/aromatic N) is 1. The van der Waals surface area contributed by atoms with E-state index in [1.807, 2.05) is 0 Å². The van der Waals surface area contributed by atoms with Crippen LogP contribution < -0.4 is 5.73 Å². The van der Waals surface area contributed by atoms with Crippen LogP contribution in [0.2, 0.25) is 0 Å². The molecule has 2 N–H and O–H groups in total. The van der Waals surface area contributed by atoms with Crippen LogP contribution in [0.15, 0.2) is 0 Å². The lowest BCUT2D eigenvalue weighted by molar-refractivity contribution is 0.0278. The molecule has 1 saturated heterocycles. The van der Waals surface area contributed by atoms with Crippen molar-refractivity contribution < 1.29 is 0 Å². The number of hydrogen-bond acceptors (Lipinski definition) is 2. The van der Waals surface area contributed by atoms with Crippen LogP contribution in [0.5, 0.6) is 0 Å². The maximum atomic E-state index is 5.92. The monoisotopic (exact) mass is 210 g/mol. The first kappa shape index (κ1) is 11.4. The van der Waals surface area contributed by atoms with Crippen molar-refractivity contribution in [3.05, 3.63) is 0 Å². The van der Waals surface area contributed by atoms with E-state index < -0.39 is 0 Å². The van der Waals surface area contributed by atoms with E-state index >= 15 is 0 Å². The Labute approximate surface area is 94.2 Å². The van der Waals surface area contributed by atoms with Crippen molar-refractivity contribution in [3.8, 4) is 0 Å². The number of rotatable bonds is 3. The first-order valence-electron chi connectivity index (χ1n) is 6.56. The van der Waals surface area contributed by atoms with Crippen LogP contribution in [-0.2, 0) is 0 Å². The molecule has 15 heavy (non-hydrogen) atoms. The normalized spacial score (nSPS) is 37.6. The Morgan fingerprint density at radius 2 is 2.07 bits per heavy atom. The minimum absolute atomic E-state index is 0.596. The lowest BCUT2D eigenvalue weighted by Crippen LogP contribution is -2.55. The fourth-order valence-electron chi connectivity index (χ4n) is 3.22. The Balaban J connectivity index is 2.08. The summed E-state index contributed by atoms with van der Waals surface area (Å²) in [6.07, 6.45) is 6.85. The summed E-state index contributed by atoms with van der Waals surface area (Å²) in [4.78, 5) is 2.72. The molecule has 3 atom stereocenters. The van der Waals surface area contributed by atoms with E-state index in [9.17, 15) is 0 Å². The lowest BCUT2D eigenvalue weighted by Gasteiger charge is -2.46. The molecule has 2 heteroatoms. The molecular weight excluding hydrogens is 184 g/mol. The van der Waals surface area contributed by atoms with Gasteiger partial charge in [-0.3, -0.25) is 4.90 Å². The second-order valence-electron chi connectivity index (χ2n) is 5.95. The van der Waals surface area contributed by atoms with Crippen molar-refractivity contribution in [2.24, 2.45) is 11.1 Å². The van der Waals surface area contributed by atoms with E-state index in [0.29, 0.717) is 11.5 Å². The molecule has 3 unspecified atom stereocenters. The molecule has 1 aliphatic carbocycles. The third-order valence-corrected chi connectivity index (χ3v) is 4.86. The SMILES string of the molecule is CC1CCCC(CN)N1C(C)C1(C)CC1. The van der Waals surface area contributed by atoms with Crippen molar-refractivity contribution in [1.29, 1.82) is 0 Å². The lowest BCUT2D eigenvalue weighted by atomic mass is 9.89. The highest BCUT2D eigenvalue weighted by molar-refractivity contribution is 5.01. The zero-order valence-electron chi connectivity index (χ0n) is 10.5. The Hall–Kier alpha value is -0.0800. The summed E-state index contributed by atoms with van der Waals surface area (Å²) >= 11 is 0. The molecule has 1 saturated carbocycles. The zero-order chi connectivity index (χ0) is 11.1. The smallest absolute Gasteiger partial charge is 0.0224 e. The average molecular weight is 210 g/mol. The van der Waals surface area contributed by atoms with E-state index in [-0.39, 0.29) is 0 Å². The third kappa shape index (κ3) is 2.07. The van der Waals surface area contributed by atoms with Gasteiger partial charge < -0.3 is 5.73 Å². The zero-order valence-corrected chi connectivity index (χ0v) is 10.5. The van der Waals surface area contributed by atoms with E-state index in [1.165, 1.54) is 32.1 Å². The molecule has 0 spiro atoms. The van der Waals surface area contributed by atoms with E-state index in [4.69, 9.17) is 5.73 Å². The Morgan fingerprint density at radius 1 is 1.40 bits per heavy atom. The number of piperidine rings is 1. The maximum Gasteiger partial charge on any atom is 0.0224 e. The van der Waals surface area contributed by atoms with Gasteiger partial charge in [-0.05, 0) is 44.9 Å². The molecule has 2 nitrogen and oxygen atoms in total. The molecule has 88 valence electrons. The van der Waals surface area contributed by atoms with Crippen LogP contribution in [0.3, 0.4) is 0 Å². The summed E-state index contributed by atoms with van der Waals surface area (Å²) in [5, 5.41) is 0. The molecule has 1 aliphatic heterocycles. The van der Waals surface area contributed by atoms with Crippen molar-refractivity contribution >= 4 is 0 Å². The summed E-state index contributed by atoms with van der Waals surface area (Å²) in [6, 6.07) is 2.10. The fraction of sp³-hybridized carbons (Fsp3) is 1.00. The molecule has 0 aromatic rings. The number of hydrogen-bond donors (Lipinski definition) is 1. The number of nitrogens with two attached hydrogens (primary N) is 1. The Bertz CT molecular complexity index is 223. The predicted molar refractivity (Wildman–Crippen MR) is 64.8 cm³/mol. The van der Waals surface area contributed by atoms with Gasteiger partial charge in [-0.15, -0.1) is 0 Å². The summed E-state index contributed by atoms with van der Waals surface area (Å²) < 4.78 is 0. The first-order valence-corrected chi connectivity index (χ1v) is 6.56. The summed E-state index contributed by atoms with van der Waals surface area (Å²) in [7, 11) is 0. The van der Waals surface area contributed by atoms with Gasteiger partial charge >= 0.3 is 0 Å². The van der Waals surface area contributed by atoms with E-state index in [1.54, 1.807) is 0 Å². The minimum Gasteiger partial charge on any atom is -0.329 e. The molecule has 0 bridgehead atoms. The van der Waals surface area contributed by atoms with Crippen LogP contribution in [0.25, 0.3) is 0 Å². The second-order valence-corrected chi connectivity index (χ2v) is 5.95. The first-order chi connectivity index (χ1) is 7.08. The van der Waals surface area contributed by atoms with Crippen LogP contribution >= 0.6 is 0 Å². The molecule has 2 aliphatic rings. The quantitative estimate of drug-likeness (QED) is 0.775. The van der Waals surface area contributed by atoms with Gasteiger partial charge in [-0.2, -0.15) is 0 Å². The molecular formula is C13H26N2. The van der Waals surface area contributed by atoms with Crippen molar-refractivity contribution in [2.75, 3.05) is 6.54 Å². The van der Waals surface area contributed by atoms with Crippen LogP contribution in [0.1, 0.15) is 52.9 Å². The van der Waals surface area contributed by atoms with Gasteiger partial charge in [0.2, 0.25) is 0 Å². The Morgan fingerprint density at radius 3 is 2.60 bits per heavy atom. The van der Waals surface area contributed by atoms with Gasteiger partial charge in [0.25, 0.3) is 0 Å². The topological polar surface area (TPSA) is 29.3 Å². The van der Waals surface area contributed by atoms with Gasteiger partial charge in [-0.25, -0.2) is 0 Å². The number of likely N-dealkylation sites (tertiary alicyclic amines) is 1. The van der Waals surface area contributed by atoms with Crippen LogP contribution in [0, 0.1) is 5.41 Å². The molecule has 0 aromatic heterocycles. The van der Waals surface area contributed by atoms with Gasteiger partial charge in [0.05, 0.1) is 0 Å². The predicted octanol–water partition coefficient (Wildman–Crippen LogP) is 2.38. The maximum absolute atomic E-state index is 5.92. The Kier molecular flexibility index (Phi) is 3.09. The van der Waals surface area contributed by atoms with Crippen molar-refractivity contribution in [1.82, 2.24) is 4.90 Å². The van der Waals surface area contributed by atoms with Gasteiger partial charge in [0.1, 0.15) is 0 Å². The van der Waals surface area contributed by atoms with Gasteiger partial charge in [0.15, 0.2) is 0 Å². The minimum atomic E-state index is 0.596. The molecule has 2 rings (SSSR count). The summed E-state index contributed by atoms with van der Waals surface area (Å²) in [5.41, 5.74) is 6.51. The molecule has 2 fully saturated rings. The highest BCUT2D eigenvalue weighted by Crippen LogP contribution is 2.51. The highest BCUT2D eigenvalue weighted by atomic mass is 15.2. The molecule has 0 amide bonds. The second kappa shape index (κ2) is 4.06. The highest BCUT2D eigenvalue weighted by Gasteiger charge is 2.47. The van der Waals surface area contributed by atoms with Crippen molar-refractivity contribution in [3.63, 3.8) is 0 Å². The van der Waals surface area contributed by atoms with E-state index in [2.05, 4.69) is 25.7 Å². The van der Waals surface area contributed by atoms with Crippen molar-refractivity contribution in [2.45, 2.75) is 71.0 Å². The van der Waals surface area contributed by atoms with Gasteiger partial charge in [-0.1, -0.05) is 13.3 Å². The summed E-state index contributed by atoms with van der Waals surface area (Å²) in [5.74, 6) is 0. The van der Waals surface area contributed by atoms with E-state index in [0.717, 1.165) is 18.6 Å².